The summed E-state index contributed by atoms with van der Waals surface area (Å²) in [5.74, 6) is 0.462. The van der Waals surface area contributed by atoms with Gasteiger partial charge < -0.3 is 27.8 Å². The third-order valence-electron chi connectivity index (χ3n) is 9.77. The highest BCUT2D eigenvalue weighted by Gasteiger charge is 2.39. The summed E-state index contributed by atoms with van der Waals surface area (Å²) in [6.07, 6.45) is 3.36. The molecule has 5 rings (SSSR count). The van der Waals surface area contributed by atoms with Crippen LogP contribution in [0.5, 0.6) is 11.5 Å². The number of ether oxygens (including phenoxy) is 3. The predicted octanol–water partition coefficient (Wildman–Crippen LogP) is 8.31. The van der Waals surface area contributed by atoms with Crippen LogP contribution in [0.2, 0.25) is 0 Å². The van der Waals surface area contributed by atoms with Gasteiger partial charge in [-0.3, -0.25) is 14.9 Å². The monoisotopic (exact) mass is 837 g/mol. The van der Waals surface area contributed by atoms with Gasteiger partial charge in [-0.25, -0.2) is 14.6 Å². The molecule has 2 heterocycles. The van der Waals surface area contributed by atoms with Crippen molar-refractivity contribution in [3.8, 4) is 17.6 Å². The minimum atomic E-state index is -1.61. The molecule has 0 saturated heterocycles. The van der Waals surface area contributed by atoms with E-state index in [1.807, 2.05) is 78.9 Å². The quantitative estimate of drug-likeness (QED) is 0.0381. The predicted molar refractivity (Wildman–Crippen MR) is 231 cm³/mol. The Kier molecular flexibility index (Phi) is 16.6. The van der Waals surface area contributed by atoms with E-state index in [9.17, 15) is 14.9 Å². The average Bonchev–Trinajstić information content (AvgIpc) is 3.64. The van der Waals surface area contributed by atoms with Crippen molar-refractivity contribution >= 4 is 37.3 Å². The first-order chi connectivity index (χ1) is 28.9. The first kappa shape index (κ1) is 45.8. The number of Topliss-reactive ketones (excluding diaryl/α,β-unsaturated/α-hetero) is 1. The van der Waals surface area contributed by atoms with E-state index in [-0.39, 0.29) is 74.8 Å². The van der Waals surface area contributed by atoms with Crippen molar-refractivity contribution in [3.63, 3.8) is 0 Å². The SMILES string of the molecule is COc1ccc(C(OC[C@@H](COP(OCCC#N)N(C(C)C)C(C)C)CC(=O)Cn2cnc3cnc(NC(=O)C(C)C)nc32)(c2ccccc2)c2ccc(OC)cc2)cc1. The fourth-order valence-electron chi connectivity index (χ4n) is 6.83. The zero-order valence-corrected chi connectivity index (χ0v) is 36.6. The van der Waals surface area contributed by atoms with Crippen molar-refractivity contribution in [2.75, 3.05) is 39.4 Å². The molecule has 0 radical (unpaired) electrons. The van der Waals surface area contributed by atoms with Gasteiger partial charge in [-0.1, -0.05) is 68.4 Å². The number of rotatable bonds is 23. The summed E-state index contributed by atoms with van der Waals surface area (Å²) in [5, 5.41) is 12.0. The van der Waals surface area contributed by atoms with Crippen LogP contribution in [0.25, 0.3) is 11.2 Å². The lowest BCUT2D eigenvalue weighted by atomic mass is 9.79. The van der Waals surface area contributed by atoms with Gasteiger partial charge in [0.15, 0.2) is 11.4 Å². The molecular formula is C45H56N7O7P. The molecule has 0 saturated carbocycles. The standard InChI is InChI=1S/C45H56N7O7P/c1-31(2)43(54)50-44-47-26-41-42(49-44)51(30-48-41)27-38(53)25-34(29-59-60(58-24-12-23-46)52(32(3)4)33(5)6)28-57-45(35-13-10-9-11-14-35,36-15-19-39(55-7)20-16-36)37-17-21-40(56-8)22-18-37/h9-11,13-22,26,30-34H,12,24-25,27-29H2,1-8H3,(H,47,49,50,54)/t34-,60?/m0/s1. The lowest BCUT2D eigenvalue weighted by molar-refractivity contribution is -0.122. The molecule has 0 aliphatic rings. The molecule has 15 heteroatoms. The average molecular weight is 838 g/mol. The summed E-state index contributed by atoms with van der Waals surface area (Å²) in [4.78, 5) is 39.8. The number of benzene rings is 3. The number of fused-ring (bicyclic) bond motifs is 1. The molecule has 60 heavy (non-hydrogen) atoms. The van der Waals surface area contributed by atoms with Gasteiger partial charge in [-0.05, 0) is 68.7 Å². The normalized spacial score (nSPS) is 12.8. The van der Waals surface area contributed by atoms with Crippen LogP contribution in [-0.4, -0.2) is 82.0 Å². The molecule has 0 spiro atoms. The van der Waals surface area contributed by atoms with Crippen LogP contribution in [0.3, 0.4) is 0 Å². The van der Waals surface area contributed by atoms with Crippen LogP contribution in [0.1, 0.15) is 71.1 Å². The van der Waals surface area contributed by atoms with E-state index in [0.29, 0.717) is 22.7 Å². The van der Waals surface area contributed by atoms with Gasteiger partial charge in [-0.2, -0.15) is 10.2 Å². The maximum Gasteiger partial charge on any atom is 0.259 e. The second kappa shape index (κ2) is 21.8. The summed E-state index contributed by atoms with van der Waals surface area (Å²) in [6.45, 7) is 12.3. The van der Waals surface area contributed by atoms with Crippen LogP contribution >= 0.6 is 8.53 Å². The Bertz CT molecular complexity index is 2120. The van der Waals surface area contributed by atoms with Crippen molar-refractivity contribution in [1.29, 1.82) is 5.26 Å². The molecule has 1 amide bonds. The third-order valence-corrected chi connectivity index (χ3v) is 11.8. The van der Waals surface area contributed by atoms with Crippen LogP contribution in [0.15, 0.2) is 91.4 Å². The fraction of sp³-hybridized carbons (Fsp3) is 0.422. The summed E-state index contributed by atoms with van der Waals surface area (Å²) < 4.78 is 35.1. The molecule has 2 atom stereocenters. The molecule has 318 valence electrons. The molecular weight excluding hydrogens is 782 g/mol. The number of methoxy groups -OCH3 is 2. The van der Waals surface area contributed by atoms with E-state index in [1.165, 1.54) is 6.20 Å². The van der Waals surface area contributed by atoms with Gasteiger partial charge in [0.2, 0.25) is 11.9 Å². The van der Waals surface area contributed by atoms with Crippen molar-refractivity contribution in [1.82, 2.24) is 24.2 Å². The van der Waals surface area contributed by atoms with Gasteiger partial charge in [0, 0.05) is 30.3 Å². The Labute approximate surface area is 354 Å². The molecule has 0 aliphatic heterocycles. The highest BCUT2D eigenvalue weighted by atomic mass is 31.2. The number of aromatic nitrogens is 4. The number of hydrogen-bond acceptors (Lipinski definition) is 12. The Morgan fingerprint density at radius 1 is 0.833 bits per heavy atom. The molecule has 1 unspecified atom stereocenters. The number of carbonyl (C=O) groups excluding carboxylic acids is 2. The molecule has 5 aromatic rings. The van der Waals surface area contributed by atoms with E-state index in [4.69, 9.17) is 23.3 Å². The van der Waals surface area contributed by atoms with E-state index in [0.717, 1.165) is 16.7 Å². The second-order valence-corrected chi connectivity index (χ2v) is 16.6. The summed E-state index contributed by atoms with van der Waals surface area (Å²) in [5.41, 5.74) is 2.35. The largest absolute Gasteiger partial charge is 0.497 e. The lowest BCUT2D eigenvalue weighted by Crippen LogP contribution is -2.37. The van der Waals surface area contributed by atoms with Crippen LogP contribution in [0, 0.1) is 23.2 Å². The Morgan fingerprint density at radius 3 is 1.98 bits per heavy atom. The van der Waals surface area contributed by atoms with E-state index in [1.54, 1.807) is 39.0 Å². The van der Waals surface area contributed by atoms with Gasteiger partial charge in [0.05, 0.1) is 65.6 Å². The van der Waals surface area contributed by atoms with Gasteiger partial charge >= 0.3 is 0 Å². The minimum Gasteiger partial charge on any atom is -0.497 e. The highest BCUT2D eigenvalue weighted by Crippen LogP contribution is 2.47. The second-order valence-electron chi connectivity index (χ2n) is 15.2. The van der Waals surface area contributed by atoms with Crippen molar-refractivity contribution in [2.24, 2.45) is 11.8 Å². The van der Waals surface area contributed by atoms with E-state index in [2.05, 4.69) is 58.7 Å². The Balaban J connectivity index is 1.53. The summed E-state index contributed by atoms with van der Waals surface area (Å²) in [6, 6.07) is 27.8. The zero-order valence-electron chi connectivity index (χ0n) is 35.7. The number of nitriles is 1. The maximum atomic E-state index is 14.2. The molecule has 0 aliphatic carbocycles. The third kappa shape index (κ3) is 11.5. The van der Waals surface area contributed by atoms with Gasteiger partial charge in [0.1, 0.15) is 22.6 Å². The summed E-state index contributed by atoms with van der Waals surface area (Å²) >= 11 is 0. The molecule has 1 N–H and O–H groups in total. The van der Waals surface area contributed by atoms with Crippen molar-refractivity contribution in [3.05, 3.63) is 108 Å². The van der Waals surface area contributed by atoms with Crippen LogP contribution in [-0.2, 0) is 35.5 Å². The zero-order chi connectivity index (χ0) is 43.2. The first-order valence-electron chi connectivity index (χ1n) is 20.1. The molecule has 0 bridgehead atoms. The highest BCUT2D eigenvalue weighted by molar-refractivity contribution is 7.44. The molecule has 14 nitrogen and oxygen atoms in total. The number of imidazole rings is 1. The maximum absolute atomic E-state index is 14.2. The van der Waals surface area contributed by atoms with Crippen molar-refractivity contribution < 1.29 is 32.8 Å². The Hall–Kier alpha value is -5.29. The number of ketones is 1. The van der Waals surface area contributed by atoms with E-state index < -0.39 is 20.0 Å². The summed E-state index contributed by atoms with van der Waals surface area (Å²) in [7, 11) is 1.64. The molecule has 3 aromatic carbocycles. The minimum absolute atomic E-state index is 0.0418. The molecule has 2 aromatic heterocycles. The van der Waals surface area contributed by atoms with Gasteiger partial charge in [0.25, 0.3) is 8.53 Å². The number of anilines is 1. The van der Waals surface area contributed by atoms with E-state index >= 15 is 0 Å². The number of hydrogen-bond donors (Lipinski definition) is 1. The smallest absolute Gasteiger partial charge is 0.259 e. The number of nitrogens with zero attached hydrogens (tertiary/aromatic N) is 6. The topological polar surface area (TPSA) is 163 Å². The number of nitrogens with one attached hydrogen (secondary N) is 1. The van der Waals surface area contributed by atoms with Crippen LogP contribution in [0.4, 0.5) is 5.95 Å². The Morgan fingerprint density at radius 2 is 1.43 bits per heavy atom. The first-order valence-corrected chi connectivity index (χ1v) is 21.2. The fourth-order valence-corrected chi connectivity index (χ4v) is 8.51. The van der Waals surface area contributed by atoms with Crippen LogP contribution < -0.4 is 14.8 Å². The molecule has 0 fully saturated rings. The number of carbonyl (C=O) groups is 2. The van der Waals surface area contributed by atoms with Crippen molar-refractivity contribution in [2.45, 2.75) is 78.6 Å². The lowest BCUT2D eigenvalue weighted by Gasteiger charge is -2.38. The number of amides is 1. The van der Waals surface area contributed by atoms with Gasteiger partial charge in [-0.15, -0.1) is 0 Å².